The summed E-state index contributed by atoms with van der Waals surface area (Å²) < 4.78 is 0. The largest absolute Gasteiger partial charge is 0.349 e. The highest BCUT2D eigenvalue weighted by Crippen LogP contribution is 2.13. The van der Waals surface area contributed by atoms with Gasteiger partial charge in [-0.2, -0.15) is 5.26 Å². The monoisotopic (exact) mass is 217 g/mol. The molecule has 0 saturated heterocycles. The van der Waals surface area contributed by atoms with Gasteiger partial charge in [-0.15, -0.1) is 0 Å². The number of nitrogens with zero attached hydrogens (tertiary/aromatic N) is 1. The summed E-state index contributed by atoms with van der Waals surface area (Å²) in [5, 5.41) is 11.1. The van der Waals surface area contributed by atoms with E-state index < -0.39 is 0 Å². The average Bonchev–Trinajstić information content (AvgIpc) is 2.29. The second-order valence-electron chi connectivity index (χ2n) is 3.57. The van der Waals surface area contributed by atoms with Crippen LogP contribution < -0.4 is 11.1 Å². The summed E-state index contributed by atoms with van der Waals surface area (Å²) in [5.74, 6) is -0.256. The smallest absolute Gasteiger partial charge is 0.234 e. The van der Waals surface area contributed by atoms with E-state index in [1.807, 2.05) is 37.3 Å². The Morgan fingerprint density at radius 3 is 3.00 bits per heavy atom. The first-order chi connectivity index (χ1) is 7.67. The predicted molar refractivity (Wildman–Crippen MR) is 61.1 cm³/mol. The van der Waals surface area contributed by atoms with Gasteiger partial charge in [0.1, 0.15) is 6.42 Å². The first-order valence-corrected chi connectivity index (χ1v) is 5.12. The lowest BCUT2D eigenvalue weighted by Crippen LogP contribution is -2.26. The van der Waals surface area contributed by atoms with Crippen LogP contribution in [-0.4, -0.2) is 5.91 Å². The number of hydrogen-bond acceptors (Lipinski definition) is 3. The van der Waals surface area contributed by atoms with Crippen LogP contribution in [0.1, 0.15) is 30.5 Å². The molecule has 0 aliphatic carbocycles. The molecule has 4 heteroatoms. The quantitative estimate of drug-likeness (QED) is 0.796. The summed E-state index contributed by atoms with van der Waals surface area (Å²) in [6.45, 7) is 2.36. The molecule has 16 heavy (non-hydrogen) atoms. The fourth-order valence-corrected chi connectivity index (χ4v) is 1.44. The normalized spacial score (nSPS) is 11.6. The Bertz CT molecular complexity index is 409. The van der Waals surface area contributed by atoms with Gasteiger partial charge in [0, 0.05) is 6.54 Å². The van der Waals surface area contributed by atoms with Crippen molar-refractivity contribution < 1.29 is 4.79 Å². The van der Waals surface area contributed by atoms with Crippen molar-refractivity contribution in [1.29, 1.82) is 5.26 Å². The Morgan fingerprint density at radius 1 is 1.62 bits per heavy atom. The molecule has 1 unspecified atom stereocenters. The van der Waals surface area contributed by atoms with E-state index in [0.29, 0.717) is 6.54 Å². The molecule has 0 bridgehead atoms. The molecule has 1 amide bonds. The maximum absolute atomic E-state index is 11.2. The van der Waals surface area contributed by atoms with Crippen LogP contribution in [0, 0.1) is 11.3 Å². The molecule has 4 nitrogen and oxygen atoms in total. The van der Waals surface area contributed by atoms with Gasteiger partial charge in [-0.25, -0.2) is 0 Å². The molecule has 1 aromatic carbocycles. The Morgan fingerprint density at radius 2 is 2.38 bits per heavy atom. The summed E-state index contributed by atoms with van der Waals surface area (Å²) in [5.41, 5.74) is 7.56. The lowest BCUT2D eigenvalue weighted by atomic mass is 10.1. The van der Waals surface area contributed by atoms with Gasteiger partial charge in [-0.3, -0.25) is 4.79 Å². The van der Waals surface area contributed by atoms with Gasteiger partial charge in [-0.05, 0) is 18.1 Å². The van der Waals surface area contributed by atoms with E-state index in [4.69, 9.17) is 11.0 Å². The van der Waals surface area contributed by atoms with E-state index in [2.05, 4.69) is 5.32 Å². The molecule has 0 fully saturated rings. The molecule has 3 N–H and O–H groups in total. The van der Waals surface area contributed by atoms with Gasteiger partial charge < -0.3 is 11.1 Å². The molecule has 0 heterocycles. The average molecular weight is 217 g/mol. The van der Waals surface area contributed by atoms with E-state index in [9.17, 15) is 4.79 Å². The minimum absolute atomic E-state index is 0.104. The van der Waals surface area contributed by atoms with Gasteiger partial charge >= 0.3 is 0 Å². The van der Waals surface area contributed by atoms with Crippen LogP contribution in [0.3, 0.4) is 0 Å². The Balaban J connectivity index is 2.69. The first-order valence-electron chi connectivity index (χ1n) is 5.12. The van der Waals surface area contributed by atoms with Crippen molar-refractivity contribution in [2.75, 3.05) is 0 Å². The van der Waals surface area contributed by atoms with Crippen LogP contribution in [0.4, 0.5) is 0 Å². The van der Waals surface area contributed by atoms with Crippen LogP contribution in [0.2, 0.25) is 0 Å². The summed E-state index contributed by atoms with van der Waals surface area (Å²) in [4.78, 5) is 11.2. The van der Waals surface area contributed by atoms with E-state index in [1.54, 1.807) is 0 Å². The van der Waals surface area contributed by atoms with Crippen LogP contribution in [0.15, 0.2) is 24.3 Å². The third-order valence-corrected chi connectivity index (χ3v) is 2.30. The van der Waals surface area contributed by atoms with Crippen LogP contribution in [0.25, 0.3) is 0 Å². The van der Waals surface area contributed by atoms with Crippen molar-refractivity contribution in [3.63, 3.8) is 0 Å². The first kappa shape index (κ1) is 12.2. The SMILES string of the molecule is CC(NC(=O)CC#N)c1cccc(CN)c1. The topological polar surface area (TPSA) is 78.9 Å². The number of amides is 1. The van der Waals surface area contributed by atoms with Gasteiger partial charge in [-0.1, -0.05) is 24.3 Å². The summed E-state index contributed by atoms with van der Waals surface area (Å²) >= 11 is 0. The Kier molecular flexibility index (Phi) is 4.49. The molecular formula is C12H15N3O. The molecule has 0 aliphatic rings. The number of nitriles is 1. The van der Waals surface area contributed by atoms with E-state index in [-0.39, 0.29) is 18.4 Å². The number of hydrogen-bond donors (Lipinski definition) is 2. The second kappa shape index (κ2) is 5.89. The second-order valence-corrected chi connectivity index (χ2v) is 3.57. The fraction of sp³-hybridized carbons (Fsp3) is 0.333. The lowest BCUT2D eigenvalue weighted by molar-refractivity contribution is -0.120. The maximum atomic E-state index is 11.2. The number of nitrogens with one attached hydrogen (secondary N) is 1. The molecule has 0 aromatic heterocycles. The third kappa shape index (κ3) is 3.37. The highest BCUT2D eigenvalue weighted by Gasteiger charge is 2.08. The van der Waals surface area contributed by atoms with Gasteiger partial charge in [0.05, 0.1) is 12.1 Å². The highest BCUT2D eigenvalue weighted by molar-refractivity contribution is 5.78. The number of rotatable bonds is 4. The van der Waals surface area contributed by atoms with Crippen molar-refractivity contribution in [3.8, 4) is 6.07 Å². The van der Waals surface area contributed by atoms with Crippen molar-refractivity contribution in [3.05, 3.63) is 35.4 Å². The van der Waals surface area contributed by atoms with E-state index in [1.165, 1.54) is 0 Å². The molecule has 1 atom stereocenters. The molecule has 0 radical (unpaired) electrons. The number of nitrogens with two attached hydrogens (primary N) is 1. The molecule has 0 aliphatic heterocycles. The Labute approximate surface area is 95.1 Å². The number of carbonyl (C=O) groups is 1. The van der Waals surface area contributed by atoms with Crippen molar-refractivity contribution >= 4 is 5.91 Å². The van der Waals surface area contributed by atoms with Gasteiger partial charge in [0.15, 0.2) is 0 Å². The van der Waals surface area contributed by atoms with Crippen molar-refractivity contribution in [2.24, 2.45) is 5.73 Å². The Hall–Kier alpha value is -1.86. The zero-order chi connectivity index (χ0) is 12.0. The van der Waals surface area contributed by atoms with Crippen LogP contribution in [-0.2, 0) is 11.3 Å². The molecule has 0 spiro atoms. The standard InChI is InChI=1S/C12H15N3O/c1-9(15-12(16)5-6-13)11-4-2-3-10(7-11)8-14/h2-4,7,9H,5,8,14H2,1H3,(H,15,16). The van der Waals surface area contributed by atoms with Crippen LogP contribution >= 0.6 is 0 Å². The molecule has 1 rings (SSSR count). The minimum Gasteiger partial charge on any atom is -0.349 e. The van der Waals surface area contributed by atoms with Crippen molar-refractivity contribution in [2.45, 2.75) is 25.9 Å². The number of benzene rings is 1. The van der Waals surface area contributed by atoms with E-state index >= 15 is 0 Å². The summed E-state index contributed by atoms with van der Waals surface area (Å²) in [6.07, 6.45) is -0.110. The minimum atomic E-state index is -0.256. The number of carbonyl (C=O) groups excluding carboxylic acids is 1. The van der Waals surface area contributed by atoms with Crippen LogP contribution in [0.5, 0.6) is 0 Å². The van der Waals surface area contributed by atoms with Gasteiger partial charge in [0.25, 0.3) is 0 Å². The zero-order valence-electron chi connectivity index (χ0n) is 9.23. The van der Waals surface area contributed by atoms with Gasteiger partial charge in [0.2, 0.25) is 5.91 Å². The zero-order valence-corrected chi connectivity index (χ0v) is 9.23. The predicted octanol–water partition coefficient (Wildman–Crippen LogP) is 1.24. The molecular weight excluding hydrogens is 202 g/mol. The molecule has 0 saturated carbocycles. The van der Waals surface area contributed by atoms with E-state index in [0.717, 1.165) is 11.1 Å². The fourth-order valence-electron chi connectivity index (χ4n) is 1.44. The lowest BCUT2D eigenvalue weighted by Gasteiger charge is -2.14. The summed E-state index contributed by atoms with van der Waals surface area (Å²) in [7, 11) is 0. The maximum Gasteiger partial charge on any atom is 0.234 e. The third-order valence-electron chi connectivity index (χ3n) is 2.30. The molecule has 1 aromatic rings. The molecule has 84 valence electrons. The highest BCUT2D eigenvalue weighted by atomic mass is 16.1. The summed E-state index contributed by atoms with van der Waals surface area (Å²) in [6, 6.07) is 9.44. The van der Waals surface area contributed by atoms with Crippen molar-refractivity contribution in [1.82, 2.24) is 5.32 Å².